The van der Waals surface area contributed by atoms with Gasteiger partial charge in [0.2, 0.25) is 6.29 Å². The van der Waals surface area contributed by atoms with Gasteiger partial charge in [-0.1, -0.05) is 176 Å². The Balaban J connectivity index is 0.912. The number of phosphoric ester groups is 1. The predicted octanol–water partition coefficient (Wildman–Crippen LogP) is 11.5. The van der Waals surface area contributed by atoms with Crippen molar-refractivity contribution in [1.82, 2.24) is 19.5 Å². The molecule has 3 saturated heterocycles. The Morgan fingerprint density at radius 3 is 1.95 bits per heavy atom. The number of nitrogens with one attached hydrogen (secondary N) is 1. The molecule has 0 radical (unpaired) electrons. The second kappa shape index (κ2) is 27.7. The van der Waals surface area contributed by atoms with E-state index in [2.05, 4.69) is 53.6 Å². The number of hydrogen-bond donors (Lipinski definition) is 3. The number of alkyl halides is 1. The highest BCUT2D eigenvalue weighted by Crippen LogP contribution is 2.62. The highest BCUT2D eigenvalue weighted by molar-refractivity contribution is 8.08. The number of carbonyl (C=O) groups is 2. The number of fused-ring (bicyclic) bond motifs is 2. The van der Waals surface area contributed by atoms with Gasteiger partial charge in [-0.15, -0.1) is 0 Å². The molecule has 3 N–H and O–H groups in total. The number of aromatic nitrogens is 4. The molecule has 12 atom stereocenters. The van der Waals surface area contributed by atoms with Crippen LogP contribution >= 0.6 is 14.5 Å². The van der Waals surface area contributed by atoms with E-state index < -0.39 is 112 Å². The molecule has 3 aliphatic rings. The monoisotopic (exact) mass is 1170 g/mol. The van der Waals surface area contributed by atoms with Gasteiger partial charge >= 0.3 is 26.5 Å². The zero-order valence-electron chi connectivity index (χ0n) is 46.3. The molecule has 3 aromatic carbocycles. The molecule has 5 aromatic rings. The smallest absolute Gasteiger partial charge is 0.462 e. The standard InChI is InChI=1S/C57H76FN5O14P2S/c1-7-8-9-10-11-12-13-14-15-16-26-33-46(65)69-34-44(58)48-38(2)39(3)49(71-40(4)64)55(73-48)76-78(66,67)77-79(68,80)70-35-45-50-51(75-56(5,6)74-50)54(72-45)63-37-61-47-52(59-36-60-53(47)63)62-57(41-27-20-17-21-28-41,42-29-22-18-23-30-42)43-31-24-19-25-32-43/h17-25,27-32,36-39,44-45,48-51,54-55H,7-16,26,33-35H2,1-6H3,(H,66,67)(H,68,80)(H,59,60,62)/t38-,39-,44-,45+,48?,49?,50-,51?,54+,55-,79?/m0/s1. The maximum Gasteiger partial charge on any atom is 0.481 e. The molecule has 23 heteroatoms. The maximum atomic E-state index is 16.0. The van der Waals surface area contributed by atoms with Gasteiger partial charge in [0.05, 0.1) is 19.0 Å². The quantitative estimate of drug-likeness (QED) is 0.0175. The number of hydrogen-bond acceptors (Lipinski definition) is 17. The molecule has 0 spiro atoms. The largest absolute Gasteiger partial charge is 0.481 e. The lowest BCUT2D eigenvalue weighted by atomic mass is 9.77. The van der Waals surface area contributed by atoms with Crippen molar-refractivity contribution in [2.75, 3.05) is 18.5 Å². The summed E-state index contributed by atoms with van der Waals surface area (Å²) < 4.78 is 83.5. The normalized spacial score (nSPS) is 25.5. The van der Waals surface area contributed by atoms with Crippen molar-refractivity contribution in [2.24, 2.45) is 11.8 Å². The Labute approximate surface area is 472 Å². The first-order chi connectivity index (χ1) is 38.3. The Hall–Kier alpha value is -4.60. The van der Waals surface area contributed by atoms with Crippen molar-refractivity contribution < 1.29 is 70.1 Å². The van der Waals surface area contributed by atoms with E-state index in [1.54, 1.807) is 38.6 Å². The van der Waals surface area contributed by atoms with Crippen LogP contribution in [0.2, 0.25) is 0 Å². The molecule has 5 unspecified atom stereocenters. The number of esters is 2. The van der Waals surface area contributed by atoms with Crippen molar-refractivity contribution in [3.63, 3.8) is 0 Å². The van der Waals surface area contributed by atoms with Crippen LogP contribution in [-0.2, 0) is 73.3 Å². The van der Waals surface area contributed by atoms with E-state index in [4.69, 9.17) is 63.6 Å². The summed E-state index contributed by atoms with van der Waals surface area (Å²) in [6.07, 6.45) is 5.31. The zero-order chi connectivity index (χ0) is 57.1. The van der Waals surface area contributed by atoms with Gasteiger partial charge in [0.1, 0.15) is 36.8 Å². The number of benzene rings is 3. The second-order valence-corrected chi connectivity index (χ2v) is 25.7. The number of anilines is 1. The van der Waals surface area contributed by atoms with Crippen LogP contribution in [0.15, 0.2) is 104 Å². The first-order valence-electron chi connectivity index (χ1n) is 27.8. The Morgan fingerprint density at radius 2 is 1.38 bits per heavy atom. The van der Waals surface area contributed by atoms with Crippen LogP contribution in [0.3, 0.4) is 0 Å². The number of rotatable bonds is 29. The Morgan fingerprint density at radius 1 is 0.812 bits per heavy atom. The van der Waals surface area contributed by atoms with Gasteiger partial charge in [-0.3, -0.25) is 18.7 Å². The highest BCUT2D eigenvalue weighted by atomic mass is 32.5. The molecule has 0 bridgehead atoms. The van der Waals surface area contributed by atoms with E-state index in [1.165, 1.54) is 44.9 Å². The average molecular weight is 1170 g/mol. The van der Waals surface area contributed by atoms with Crippen LogP contribution in [-0.4, -0.2) is 103 Å². The van der Waals surface area contributed by atoms with Gasteiger partial charge in [-0.05, 0) is 54.7 Å². The van der Waals surface area contributed by atoms with Crippen LogP contribution in [0.5, 0.6) is 0 Å². The molecule has 5 heterocycles. The molecule has 8 rings (SSSR count). The fourth-order valence-corrected chi connectivity index (χ4v) is 14.0. The third kappa shape index (κ3) is 15.3. The lowest BCUT2D eigenvalue weighted by molar-refractivity contribution is -0.262. The number of carbonyl (C=O) groups excluding carboxylic acids is 2. The number of halogens is 1. The Bertz CT molecular complexity index is 2800. The molecule has 0 amide bonds. The van der Waals surface area contributed by atoms with E-state index in [0.717, 1.165) is 49.3 Å². The second-order valence-electron chi connectivity index (χ2n) is 21.3. The first kappa shape index (κ1) is 61.5. The van der Waals surface area contributed by atoms with E-state index in [9.17, 15) is 23.9 Å². The maximum absolute atomic E-state index is 16.0. The summed E-state index contributed by atoms with van der Waals surface area (Å²) in [7, 11) is -5.47. The molecule has 0 aliphatic carbocycles. The van der Waals surface area contributed by atoms with Gasteiger partial charge < -0.3 is 48.0 Å². The summed E-state index contributed by atoms with van der Waals surface area (Å²) in [6.45, 7) is 4.17. The molecule has 436 valence electrons. The van der Waals surface area contributed by atoms with E-state index in [1.807, 2.05) is 54.6 Å². The lowest BCUT2D eigenvalue weighted by Gasteiger charge is -2.44. The molecule has 19 nitrogen and oxygen atoms in total. The molecule has 3 aliphatic heterocycles. The van der Waals surface area contributed by atoms with Crippen molar-refractivity contribution in [1.29, 1.82) is 0 Å². The number of unbranched alkanes of at least 4 members (excludes halogenated alkanes) is 10. The van der Waals surface area contributed by atoms with Crippen LogP contribution in [0.4, 0.5) is 10.2 Å². The predicted molar refractivity (Wildman–Crippen MR) is 300 cm³/mol. The van der Waals surface area contributed by atoms with Gasteiger partial charge in [0, 0.05) is 19.3 Å². The molecule has 2 aromatic heterocycles. The van der Waals surface area contributed by atoms with Crippen LogP contribution < -0.4 is 5.32 Å². The van der Waals surface area contributed by atoms with Crippen molar-refractivity contribution in [3.05, 3.63) is 120 Å². The fraction of sp³-hybridized carbons (Fsp3) is 0.561. The summed E-state index contributed by atoms with van der Waals surface area (Å²) >= 11 is 5.25. The van der Waals surface area contributed by atoms with Crippen molar-refractivity contribution in [3.8, 4) is 0 Å². The summed E-state index contributed by atoms with van der Waals surface area (Å²) in [5.74, 6) is -3.41. The van der Waals surface area contributed by atoms with Gasteiger partial charge in [0.15, 0.2) is 41.3 Å². The van der Waals surface area contributed by atoms with Crippen LogP contribution in [0.25, 0.3) is 11.2 Å². The summed E-state index contributed by atoms with van der Waals surface area (Å²) in [6, 6.07) is 30.1. The first-order valence-corrected chi connectivity index (χ1v) is 31.9. The molecule has 0 saturated carbocycles. The third-order valence-corrected chi connectivity index (χ3v) is 18.5. The Kier molecular flexibility index (Phi) is 21.2. The van der Waals surface area contributed by atoms with Gasteiger partial charge in [-0.25, -0.2) is 28.2 Å². The van der Waals surface area contributed by atoms with Crippen LogP contribution in [0.1, 0.15) is 142 Å². The number of nitrogens with zero attached hydrogens (tertiary/aromatic N) is 4. The minimum Gasteiger partial charge on any atom is -0.462 e. The number of phosphoric acid groups is 1. The van der Waals surface area contributed by atoms with E-state index >= 15 is 4.39 Å². The summed E-state index contributed by atoms with van der Waals surface area (Å²) in [5, 5.41) is 3.77. The van der Waals surface area contributed by atoms with Crippen LogP contribution in [0, 0.1) is 11.8 Å². The molecular formula is C57H76FN5O14P2S. The lowest BCUT2D eigenvalue weighted by Crippen LogP contribution is -2.55. The summed E-state index contributed by atoms with van der Waals surface area (Å²) in [4.78, 5) is 61.5. The molecule has 80 heavy (non-hydrogen) atoms. The average Bonchev–Trinajstić information content (AvgIpc) is 4.21. The van der Waals surface area contributed by atoms with Crippen molar-refractivity contribution >= 4 is 55.3 Å². The van der Waals surface area contributed by atoms with Gasteiger partial charge in [-0.2, -0.15) is 0 Å². The molecule has 3 fully saturated rings. The molecular weight excluding hydrogens is 1090 g/mol. The SMILES string of the molecule is CCCCCCCCCCCCCC(=O)OC[C@H](F)C1O[C@@H](OP(=O)(O)OP(O)(=S)OC[C@H]2O[C@@H](n3cnc4c(NC(c5ccccc5)(c5ccccc5)c5ccccc5)ncnc43)C3OC(C)(C)O[C@H]32)C(OC(C)=O)[C@@H](C)[C@@H]1C. The summed E-state index contributed by atoms with van der Waals surface area (Å²) in [5.41, 5.74) is 2.70. The third-order valence-electron chi connectivity index (χ3n) is 15.0. The number of imidazole rings is 1. The highest BCUT2D eigenvalue weighted by Gasteiger charge is 2.57. The van der Waals surface area contributed by atoms with Gasteiger partial charge in [0.25, 0.3) is 0 Å². The van der Waals surface area contributed by atoms with Crippen molar-refractivity contribution in [2.45, 2.75) is 179 Å². The zero-order valence-corrected chi connectivity index (χ0v) is 48.9. The van der Waals surface area contributed by atoms with E-state index in [-0.39, 0.29) is 6.42 Å². The minimum atomic E-state index is -5.47. The minimum absolute atomic E-state index is 0.132. The number of ether oxygens (including phenoxy) is 6. The van der Waals surface area contributed by atoms with E-state index in [0.29, 0.717) is 23.4 Å². The topological polar surface area (TPSA) is 230 Å². The fourth-order valence-electron chi connectivity index (χ4n) is 10.9.